The number of aromatic nitrogens is 1. The van der Waals surface area contributed by atoms with E-state index in [0.717, 1.165) is 34.9 Å². The van der Waals surface area contributed by atoms with E-state index in [-0.39, 0.29) is 5.91 Å². The van der Waals surface area contributed by atoms with Crippen LogP contribution in [0.25, 0.3) is 0 Å². The van der Waals surface area contributed by atoms with Gasteiger partial charge in [0.2, 0.25) is 0 Å². The number of carbonyl (C=O) groups excluding carboxylic acids is 1. The molecule has 2 aromatic rings. The minimum atomic E-state index is 0.163. The average molecular weight is 326 g/mol. The van der Waals surface area contributed by atoms with Crippen LogP contribution in [0.15, 0.2) is 58.6 Å². The van der Waals surface area contributed by atoms with Gasteiger partial charge in [0, 0.05) is 29.2 Å². The highest BCUT2D eigenvalue weighted by atomic mass is 32.2. The highest BCUT2D eigenvalue weighted by molar-refractivity contribution is 7.99. The van der Waals surface area contributed by atoms with Crippen LogP contribution in [0.3, 0.4) is 0 Å². The van der Waals surface area contributed by atoms with Gasteiger partial charge in [0.1, 0.15) is 5.03 Å². The summed E-state index contributed by atoms with van der Waals surface area (Å²) in [5.41, 5.74) is 0.780. The van der Waals surface area contributed by atoms with Gasteiger partial charge in [0.05, 0.1) is 0 Å². The molecular formula is C19H22N2OS. The molecule has 0 unspecified atom stereocenters. The van der Waals surface area contributed by atoms with Crippen LogP contribution >= 0.6 is 11.8 Å². The zero-order valence-electron chi connectivity index (χ0n) is 13.6. The number of nitrogens with zero attached hydrogens (tertiary/aromatic N) is 2. The SMILES string of the molecule is CC(C)CN(C(=O)c1ccc(Sc2ccccn2)cc1)C1CC1. The Morgan fingerprint density at radius 1 is 1.22 bits per heavy atom. The molecule has 3 rings (SSSR count). The highest BCUT2D eigenvalue weighted by Crippen LogP contribution is 2.30. The van der Waals surface area contributed by atoms with Crippen molar-refractivity contribution in [1.29, 1.82) is 0 Å². The van der Waals surface area contributed by atoms with E-state index in [2.05, 4.69) is 18.8 Å². The minimum absolute atomic E-state index is 0.163. The average Bonchev–Trinajstić information content (AvgIpc) is 3.38. The van der Waals surface area contributed by atoms with Crippen LogP contribution in [0, 0.1) is 5.92 Å². The Bertz CT molecular complexity index is 651. The van der Waals surface area contributed by atoms with Crippen molar-refractivity contribution in [2.24, 2.45) is 5.92 Å². The number of amides is 1. The third-order valence-corrected chi connectivity index (χ3v) is 4.73. The zero-order chi connectivity index (χ0) is 16.2. The molecule has 1 fully saturated rings. The molecule has 1 saturated carbocycles. The molecule has 0 spiro atoms. The number of rotatable bonds is 6. The number of hydrogen-bond acceptors (Lipinski definition) is 3. The molecule has 0 aliphatic heterocycles. The van der Waals surface area contributed by atoms with Gasteiger partial charge in [0.25, 0.3) is 5.91 Å². The first-order valence-electron chi connectivity index (χ1n) is 8.13. The molecule has 1 aromatic heterocycles. The molecule has 1 aliphatic rings. The Hall–Kier alpha value is -1.81. The van der Waals surface area contributed by atoms with Gasteiger partial charge < -0.3 is 4.90 Å². The lowest BCUT2D eigenvalue weighted by Crippen LogP contribution is -2.36. The summed E-state index contributed by atoms with van der Waals surface area (Å²) in [6.45, 7) is 5.17. The van der Waals surface area contributed by atoms with Crippen molar-refractivity contribution in [3.63, 3.8) is 0 Å². The summed E-state index contributed by atoms with van der Waals surface area (Å²) in [4.78, 5) is 20.2. The second-order valence-electron chi connectivity index (χ2n) is 6.38. The van der Waals surface area contributed by atoms with Gasteiger partial charge in [0.15, 0.2) is 0 Å². The Morgan fingerprint density at radius 3 is 2.52 bits per heavy atom. The van der Waals surface area contributed by atoms with Crippen molar-refractivity contribution in [2.75, 3.05) is 6.54 Å². The highest BCUT2D eigenvalue weighted by Gasteiger charge is 2.33. The molecule has 1 amide bonds. The lowest BCUT2D eigenvalue weighted by molar-refractivity contribution is 0.0722. The molecular weight excluding hydrogens is 304 g/mol. The zero-order valence-corrected chi connectivity index (χ0v) is 14.4. The molecule has 3 nitrogen and oxygen atoms in total. The largest absolute Gasteiger partial charge is 0.335 e. The van der Waals surface area contributed by atoms with Crippen molar-refractivity contribution >= 4 is 17.7 Å². The second kappa shape index (κ2) is 7.18. The van der Waals surface area contributed by atoms with Gasteiger partial charge in [-0.25, -0.2) is 4.98 Å². The third-order valence-electron chi connectivity index (χ3n) is 3.77. The van der Waals surface area contributed by atoms with E-state index in [9.17, 15) is 4.79 Å². The molecule has 0 saturated heterocycles. The quantitative estimate of drug-likeness (QED) is 0.784. The van der Waals surface area contributed by atoms with Gasteiger partial charge in [-0.2, -0.15) is 0 Å². The molecule has 0 atom stereocenters. The molecule has 1 aromatic carbocycles. The second-order valence-corrected chi connectivity index (χ2v) is 7.47. The monoisotopic (exact) mass is 326 g/mol. The Labute approximate surface area is 142 Å². The maximum atomic E-state index is 12.7. The maximum absolute atomic E-state index is 12.7. The molecule has 4 heteroatoms. The first kappa shape index (κ1) is 16.1. The van der Waals surface area contributed by atoms with Crippen LogP contribution in [-0.2, 0) is 0 Å². The molecule has 1 aliphatic carbocycles. The smallest absolute Gasteiger partial charge is 0.254 e. The van der Waals surface area contributed by atoms with E-state index >= 15 is 0 Å². The van der Waals surface area contributed by atoms with Crippen molar-refractivity contribution in [2.45, 2.75) is 42.7 Å². The number of pyridine rings is 1. The van der Waals surface area contributed by atoms with Gasteiger partial charge in [-0.3, -0.25) is 4.79 Å². The van der Waals surface area contributed by atoms with Crippen LogP contribution in [0.5, 0.6) is 0 Å². The fourth-order valence-electron chi connectivity index (χ4n) is 2.54. The van der Waals surface area contributed by atoms with E-state index in [1.54, 1.807) is 18.0 Å². The van der Waals surface area contributed by atoms with Crippen LogP contribution in [0.1, 0.15) is 37.0 Å². The topological polar surface area (TPSA) is 33.2 Å². The van der Waals surface area contributed by atoms with E-state index in [1.165, 1.54) is 0 Å². The van der Waals surface area contributed by atoms with E-state index in [1.807, 2.05) is 47.4 Å². The van der Waals surface area contributed by atoms with Crippen LogP contribution in [0.2, 0.25) is 0 Å². The minimum Gasteiger partial charge on any atom is -0.335 e. The molecule has 23 heavy (non-hydrogen) atoms. The molecule has 0 bridgehead atoms. The van der Waals surface area contributed by atoms with Crippen molar-refractivity contribution in [3.8, 4) is 0 Å². The summed E-state index contributed by atoms with van der Waals surface area (Å²) in [5, 5.41) is 0.964. The van der Waals surface area contributed by atoms with E-state index in [4.69, 9.17) is 0 Å². The molecule has 1 heterocycles. The summed E-state index contributed by atoms with van der Waals surface area (Å²) in [7, 11) is 0. The Kier molecular flexibility index (Phi) is 5.01. The first-order valence-corrected chi connectivity index (χ1v) is 8.95. The summed E-state index contributed by atoms with van der Waals surface area (Å²) < 4.78 is 0. The van der Waals surface area contributed by atoms with Gasteiger partial charge >= 0.3 is 0 Å². The van der Waals surface area contributed by atoms with Crippen molar-refractivity contribution in [3.05, 3.63) is 54.2 Å². The number of benzene rings is 1. The molecule has 120 valence electrons. The summed E-state index contributed by atoms with van der Waals surface area (Å²) in [6.07, 6.45) is 4.08. The van der Waals surface area contributed by atoms with Crippen molar-refractivity contribution < 1.29 is 4.79 Å². The molecule has 0 N–H and O–H groups in total. The number of hydrogen-bond donors (Lipinski definition) is 0. The molecule has 0 radical (unpaired) electrons. The maximum Gasteiger partial charge on any atom is 0.254 e. The van der Waals surface area contributed by atoms with Gasteiger partial charge in [-0.1, -0.05) is 31.7 Å². The Balaban J connectivity index is 1.69. The fourth-order valence-corrected chi connectivity index (χ4v) is 3.31. The summed E-state index contributed by atoms with van der Waals surface area (Å²) in [6, 6.07) is 14.2. The normalized spacial score (nSPS) is 14.0. The van der Waals surface area contributed by atoms with E-state index in [0.29, 0.717) is 12.0 Å². The predicted octanol–water partition coefficient (Wildman–Crippen LogP) is 4.49. The summed E-state index contributed by atoms with van der Waals surface area (Å²) in [5.74, 6) is 0.661. The van der Waals surface area contributed by atoms with Crippen molar-refractivity contribution in [1.82, 2.24) is 9.88 Å². The van der Waals surface area contributed by atoms with Crippen LogP contribution in [-0.4, -0.2) is 28.4 Å². The van der Waals surface area contributed by atoms with Crippen LogP contribution < -0.4 is 0 Å². The lowest BCUT2D eigenvalue weighted by atomic mass is 10.1. The van der Waals surface area contributed by atoms with E-state index < -0.39 is 0 Å². The standard InChI is InChI=1S/C19H22N2OS/c1-14(2)13-21(16-8-9-16)19(22)15-6-10-17(11-7-15)23-18-5-3-4-12-20-18/h3-7,10-12,14,16H,8-9,13H2,1-2H3. The van der Waals surface area contributed by atoms with Crippen LogP contribution in [0.4, 0.5) is 0 Å². The summed E-state index contributed by atoms with van der Waals surface area (Å²) >= 11 is 1.61. The lowest BCUT2D eigenvalue weighted by Gasteiger charge is -2.24. The van der Waals surface area contributed by atoms with Gasteiger partial charge in [-0.05, 0) is 55.2 Å². The third kappa shape index (κ3) is 4.35. The first-order chi connectivity index (χ1) is 11.1. The Morgan fingerprint density at radius 2 is 1.96 bits per heavy atom. The number of carbonyl (C=O) groups is 1. The fraction of sp³-hybridized carbons (Fsp3) is 0.368. The predicted molar refractivity (Wildman–Crippen MR) is 93.7 cm³/mol. The van der Waals surface area contributed by atoms with Gasteiger partial charge in [-0.15, -0.1) is 0 Å².